The highest BCUT2D eigenvalue weighted by atomic mass is 16.3. The molecule has 1 aliphatic carbocycles. The summed E-state index contributed by atoms with van der Waals surface area (Å²) in [6.07, 6.45) is 3.83. The molecule has 2 aliphatic heterocycles. The minimum absolute atomic E-state index is 0.0213. The van der Waals surface area contributed by atoms with Crippen LogP contribution in [0, 0.1) is 5.92 Å². The summed E-state index contributed by atoms with van der Waals surface area (Å²) in [5, 5.41) is 10.2. The molecule has 2 heterocycles. The lowest BCUT2D eigenvalue weighted by Gasteiger charge is -2.48. The van der Waals surface area contributed by atoms with Gasteiger partial charge >= 0.3 is 0 Å². The molecule has 0 radical (unpaired) electrons. The van der Waals surface area contributed by atoms with Gasteiger partial charge in [-0.3, -0.25) is 9.59 Å². The lowest BCUT2D eigenvalue weighted by Crippen LogP contribution is -2.67. The zero-order valence-corrected chi connectivity index (χ0v) is 10.8. The lowest BCUT2D eigenvalue weighted by atomic mass is 9.88. The van der Waals surface area contributed by atoms with E-state index in [1.165, 1.54) is 6.92 Å². The third kappa shape index (κ3) is 1.81. The van der Waals surface area contributed by atoms with Gasteiger partial charge in [-0.25, -0.2) is 0 Å². The van der Waals surface area contributed by atoms with Gasteiger partial charge in [0.25, 0.3) is 0 Å². The third-order valence-electron chi connectivity index (χ3n) is 4.52. The maximum atomic E-state index is 12.3. The van der Waals surface area contributed by atoms with Gasteiger partial charge in [0, 0.05) is 13.5 Å². The van der Waals surface area contributed by atoms with E-state index in [1.807, 2.05) is 0 Å². The Morgan fingerprint density at radius 1 is 1.22 bits per heavy atom. The van der Waals surface area contributed by atoms with Crippen molar-refractivity contribution in [2.45, 2.75) is 44.2 Å². The number of hydrogen-bond donors (Lipinski definition) is 1. The average Bonchev–Trinajstić information content (AvgIpc) is 3.01. The molecule has 5 heteroatoms. The Labute approximate surface area is 107 Å². The fraction of sp³-hybridized carbons (Fsp3) is 0.846. The molecule has 0 aromatic carbocycles. The second kappa shape index (κ2) is 3.95. The predicted molar refractivity (Wildman–Crippen MR) is 64.7 cm³/mol. The Morgan fingerprint density at radius 2 is 1.89 bits per heavy atom. The maximum Gasteiger partial charge on any atom is 0.245 e. The number of aliphatic hydroxyl groups is 1. The molecular weight excluding hydrogens is 232 g/mol. The second-order valence-electron chi connectivity index (χ2n) is 5.94. The Bertz CT molecular complexity index is 386. The number of amides is 2. The highest BCUT2D eigenvalue weighted by Crippen LogP contribution is 2.44. The molecule has 1 N–H and O–H groups in total. The van der Waals surface area contributed by atoms with Crippen molar-refractivity contribution < 1.29 is 14.7 Å². The summed E-state index contributed by atoms with van der Waals surface area (Å²) in [4.78, 5) is 27.1. The first kappa shape index (κ1) is 12.0. The van der Waals surface area contributed by atoms with Crippen molar-refractivity contribution in [1.29, 1.82) is 0 Å². The zero-order chi connectivity index (χ0) is 12.9. The first-order valence-corrected chi connectivity index (χ1v) is 6.80. The first-order chi connectivity index (χ1) is 8.51. The van der Waals surface area contributed by atoms with E-state index in [0.29, 0.717) is 25.6 Å². The van der Waals surface area contributed by atoms with Crippen molar-refractivity contribution in [2.75, 3.05) is 19.6 Å². The van der Waals surface area contributed by atoms with Crippen molar-refractivity contribution >= 4 is 11.8 Å². The fourth-order valence-corrected chi connectivity index (χ4v) is 3.26. The van der Waals surface area contributed by atoms with E-state index in [2.05, 4.69) is 0 Å². The number of carbonyl (C=O) groups excluding carboxylic acids is 2. The molecule has 1 saturated carbocycles. The molecular formula is C13H20N2O3. The number of rotatable bonds is 2. The van der Waals surface area contributed by atoms with E-state index in [0.717, 1.165) is 25.7 Å². The van der Waals surface area contributed by atoms with Crippen LogP contribution in [0.3, 0.4) is 0 Å². The normalized spacial score (nSPS) is 30.2. The SMILES string of the molecule is CC(=O)N1CCC[C@H]1C(=O)N1CC(O)(C2CC2)C1. The largest absolute Gasteiger partial charge is 0.386 e. The number of β-amino-alcohol motifs (C(OH)–C–C–N with tert-alkyl or cyclic N) is 1. The third-order valence-corrected chi connectivity index (χ3v) is 4.52. The van der Waals surface area contributed by atoms with E-state index < -0.39 is 5.60 Å². The summed E-state index contributed by atoms with van der Waals surface area (Å²) < 4.78 is 0. The van der Waals surface area contributed by atoms with Crippen molar-refractivity contribution in [1.82, 2.24) is 9.80 Å². The summed E-state index contributed by atoms with van der Waals surface area (Å²) in [5.74, 6) is 0.394. The molecule has 100 valence electrons. The summed E-state index contributed by atoms with van der Waals surface area (Å²) in [7, 11) is 0. The molecule has 3 rings (SSSR count). The Balaban J connectivity index is 1.60. The molecule has 0 spiro atoms. The van der Waals surface area contributed by atoms with Gasteiger partial charge in [-0.1, -0.05) is 0 Å². The van der Waals surface area contributed by atoms with Crippen LogP contribution in [0.2, 0.25) is 0 Å². The van der Waals surface area contributed by atoms with E-state index in [-0.39, 0.29) is 17.9 Å². The Morgan fingerprint density at radius 3 is 2.44 bits per heavy atom. The molecule has 1 atom stereocenters. The Kier molecular flexibility index (Phi) is 2.62. The predicted octanol–water partition coefficient (Wildman–Crippen LogP) is -0.0194. The number of nitrogens with zero attached hydrogens (tertiary/aromatic N) is 2. The van der Waals surface area contributed by atoms with Gasteiger partial charge in [-0.15, -0.1) is 0 Å². The lowest BCUT2D eigenvalue weighted by molar-refractivity contribution is -0.165. The van der Waals surface area contributed by atoms with Crippen LogP contribution in [-0.2, 0) is 9.59 Å². The van der Waals surface area contributed by atoms with Crippen molar-refractivity contribution in [3.05, 3.63) is 0 Å². The summed E-state index contributed by atoms with van der Waals surface area (Å²) in [6.45, 7) is 3.12. The Hall–Kier alpha value is -1.10. The number of likely N-dealkylation sites (tertiary alicyclic amines) is 2. The first-order valence-electron chi connectivity index (χ1n) is 6.80. The zero-order valence-electron chi connectivity index (χ0n) is 10.8. The van der Waals surface area contributed by atoms with Gasteiger partial charge < -0.3 is 14.9 Å². The van der Waals surface area contributed by atoms with Crippen LogP contribution in [0.1, 0.15) is 32.6 Å². The van der Waals surface area contributed by atoms with E-state index >= 15 is 0 Å². The van der Waals surface area contributed by atoms with Crippen molar-refractivity contribution in [2.24, 2.45) is 5.92 Å². The van der Waals surface area contributed by atoms with Gasteiger partial charge in [0.05, 0.1) is 13.1 Å². The van der Waals surface area contributed by atoms with Crippen LogP contribution in [0.4, 0.5) is 0 Å². The van der Waals surface area contributed by atoms with Crippen LogP contribution >= 0.6 is 0 Å². The van der Waals surface area contributed by atoms with E-state index in [1.54, 1.807) is 9.80 Å². The van der Waals surface area contributed by atoms with Gasteiger partial charge in [0.15, 0.2) is 0 Å². The molecule has 18 heavy (non-hydrogen) atoms. The topological polar surface area (TPSA) is 60.9 Å². The quantitative estimate of drug-likeness (QED) is 0.751. The van der Waals surface area contributed by atoms with Crippen LogP contribution in [-0.4, -0.2) is 58.0 Å². The van der Waals surface area contributed by atoms with Gasteiger partial charge in [0.1, 0.15) is 11.6 Å². The number of hydrogen-bond acceptors (Lipinski definition) is 3. The smallest absolute Gasteiger partial charge is 0.245 e. The molecule has 5 nitrogen and oxygen atoms in total. The maximum absolute atomic E-state index is 12.3. The number of carbonyl (C=O) groups is 2. The molecule has 3 fully saturated rings. The summed E-state index contributed by atoms with van der Waals surface area (Å²) >= 11 is 0. The molecule has 0 aromatic rings. The molecule has 0 bridgehead atoms. The second-order valence-corrected chi connectivity index (χ2v) is 5.94. The highest BCUT2D eigenvalue weighted by Gasteiger charge is 2.54. The molecule has 3 aliphatic rings. The standard InChI is InChI=1S/C13H20N2O3/c1-9(16)15-6-2-3-11(15)12(17)14-7-13(18,8-14)10-4-5-10/h10-11,18H,2-8H2,1H3/t11-/m0/s1. The van der Waals surface area contributed by atoms with Gasteiger partial charge in [0.2, 0.25) is 11.8 Å². The minimum atomic E-state index is -0.630. The van der Waals surface area contributed by atoms with Gasteiger partial charge in [-0.05, 0) is 31.6 Å². The monoisotopic (exact) mass is 252 g/mol. The van der Waals surface area contributed by atoms with Crippen molar-refractivity contribution in [3.63, 3.8) is 0 Å². The molecule has 2 saturated heterocycles. The van der Waals surface area contributed by atoms with Crippen LogP contribution < -0.4 is 0 Å². The molecule has 0 aromatic heterocycles. The van der Waals surface area contributed by atoms with Crippen molar-refractivity contribution in [3.8, 4) is 0 Å². The summed E-state index contributed by atoms with van der Waals surface area (Å²) in [5.41, 5.74) is -0.630. The molecule has 0 unspecified atom stereocenters. The summed E-state index contributed by atoms with van der Waals surface area (Å²) in [6, 6.07) is -0.286. The van der Waals surface area contributed by atoms with Crippen LogP contribution in [0.15, 0.2) is 0 Å². The van der Waals surface area contributed by atoms with Gasteiger partial charge in [-0.2, -0.15) is 0 Å². The molecule has 2 amide bonds. The van der Waals surface area contributed by atoms with Crippen LogP contribution in [0.25, 0.3) is 0 Å². The minimum Gasteiger partial charge on any atom is -0.386 e. The average molecular weight is 252 g/mol. The van der Waals surface area contributed by atoms with E-state index in [4.69, 9.17) is 0 Å². The van der Waals surface area contributed by atoms with E-state index in [9.17, 15) is 14.7 Å². The fourth-order valence-electron chi connectivity index (χ4n) is 3.26. The highest BCUT2D eigenvalue weighted by molar-refractivity contribution is 5.88. The van der Waals surface area contributed by atoms with Crippen LogP contribution in [0.5, 0.6) is 0 Å².